The second kappa shape index (κ2) is 6.12. The summed E-state index contributed by atoms with van der Waals surface area (Å²) in [7, 11) is 0. The molecule has 1 N–H and O–H groups in total. The molecular weight excluding hydrogens is 276 g/mol. The van der Waals surface area contributed by atoms with Gasteiger partial charge in [0.2, 0.25) is 5.91 Å². The number of carbonyl (C=O) groups excluding carboxylic acids is 1. The lowest BCUT2D eigenvalue weighted by molar-refractivity contribution is -0.115. The fourth-order valence-electron chi connectivity index (χ4n) is 1.01. The lowest BCUT2D eigenvalue weighted by Gasteiger charge is -2.05. The molecule has 15 heavy (non-hydrogen) atoms. The predicted octanol–water partition coefficient (Wildman–Crippen LogP) is 2.84. The van der Waals surface area contributed by atoms with Crippen molar-refractivity contribution in [2.75, 3.05) is 17.3 Å². The molecule has 0 saturated carbocycles. The second-order valence-corrected chi connectivity index (χ2v) is 4.95. The molecule has 1 rings (SSSR count). The first kappa shape index (κ1) is 12.5. The van der Waals surface area contributed by atoms with Crippen molar-refractivity contribution in [1.29, 1.82) is 0 Å². The van der Waals surface area contributed by atoms with Crippen LogP contribution >= 0.6 is 27.7 Å². The highest BCUT2D eigenvalue weighted by molar-refractivity contribution is 9.10. The van der Waals surface area contributed by atoms with Crippen LogP contribution in [-0.4, -0.2) is 22.9 Å². The first-order chi connectivity index (χ1) is 7.13. The molecule has 0 aliphatic carbocycles. The van der Waals surface area contributed by atoms with Crippen LogP contribution in [0.1, 0.15) is 12.0 Å². The molecule has 0 unspecified atom stereocenters. The van der Waals surface area contributed by atoms with Gasteiger partial charge in [0, 0.05) is 22.8 Å². The number of pyridine rings is 1. The van der Waals surface area contributed by atoms with E-state index in [1.54, 1.807) is 18.0 Å². The van der Waals surface area contributed by atoms with Crippen LogP contribution in [0.2, 0.25) is 0 Å². The van der Waals surface area contributed by atoms with E-state index in [1.165, 1.54) is 0 Å². The molecule has 0 saturated heterocycles. The number of thioether (sulfide) groups is 1. The maximum absolute atomic E-state index is 11.4. The Balaban J connectivity index is 2.57. The third kappa shape index (κ3) is 4.22. The Hall–Kier alpha value is -0.550. The van der Waals surface area contributed by atoms with E-state index in [2.05, 4.69) is 26.2 Å². The quantitative estimate of drug-likeness (QED) is 0.926. The Morgan fingerprint density at radius 1 is 1.67 bits per heavy atom. The zero-order valence-corrected chi connectivity index (χ0v) is 11.1. The molecule has 0 atom stereocenters. The van der Waals surface area contributed by atoms with E-state index in [-0.39, 0.29) is 5.91 Å². The molecule has 3 nitrogen and oxygen atoms in total. The number of aromatic nitrogens is 1. The number of nitrogens with one attached hydrogen (secondary N) is 1. The van der Waals surface area contributed by atoms with Gasteiger partial charge in [-0.2, -0.15) is 11.8 Å². The Bertz CT molecular complexity index is 357. The van der Waals surface area contributed by atoms with E-state index in [1.807, 2.05) is 19.2 Å². The van der Waals surface area contributed by atoms with Crippen molar-refractivity contribution in [2.45, 2.75) is 13.3 Å². The minimum absolute atomic E-state index is 0.0126. The summed E-state index contributed by atoms with van der Waals surface area (Å²) in [5, 5.41) is 2.76. The highest BCUT2D eigenvalue weighted by atomic mass is 79.9. The molecule has 1 aromatic heterocycles. The average Bonchev–Trinajstić information content (AvgIpc) is 2.20. The number of carbonyl (C=O) groups is 1. The summed E-state index contributed by atoms with van der Waals surface area (Å²) in [5.74, 6) is 1.46. The van der Waals surface area contributed by atoms with Gasteiger partial charge in [0.1, 0.15) is 5.82 Å². The summed E-state index contributed by atoms with van der Waals surface area (Å²) >= 11 is 5.02. The molecule has 1 aromatic rings. The number of aryl methyl sites for hydroxylation is 1. The average molecular weight is 289 g/mol. The van der Waals surface area contributed by atoms with E-state index in [0.717, 1.165) is 15.8 Å². The Kier molecular flexibility index (Phi) is 5.11. The van der Waals surface area contributed by atoms with Crippen LogP contribution in [0.15, 0.2) is 16.7 Å². The Morgan fingerprint density at radius 2 is 2.40 bits per heavy atom. The molecule has 0 fully saturated rings. The van der Waals surface area contributed by atoms with Gasteiger partial charge in [-0.1, -0.05) is 0 Å². The zero-order chi connectivity index (χ0) is 11.3. The number of nitrogens with zero attached hydrogens (tertiary/aromatic N) is 1. The number of hydrogen-bond acceptors (Lipinski definition) is 3. The van der Waals surface area contributed by atoms with Crippen molar-refractivity contribution in [3.63, 3.8) is 0 Å². The van der Waals surface area contributed by atoms with E-state index in [4.69, 9.17) is 0 Å². The second-order valence-electron chi connectivity index (χ2n) is 3.11. The summed E-state index contributed by atoms with van der Waals surface area (Å²) in [4.78, 5) is 15.5. The van der Waals surface area contributed by atoms with Gasteiger partial charge in [-0.05, 0) is 40.7 Å². The molecule has 0 aliphatic rings. The zero-order valence-electron chi connectivity index (χ0n) is 8.71. The van der Waals surface area contributed by atoms with E-state index < -0.39 is 0 Å². The molecule has 5 heteroatoms. The Morgan fingerprint density at radius 3 is 3.00 bits per heavy atom. The lowest BCUT2D eigenvalue weighted by atomic mass is 10.3. The summed E-state index contributed by atoms with van der Waals surface area (Å²) in [6, 6.07) is 1.85. The summed E-state index contributed by atoms with van der Waals surface area (Å²) < 4.78 is 0.949. The van der Waals surface area contributed by atoms with Gasteiger partial charge in [-0.3, -0.25) is 4.79 Å². The van der Waals surface area contributed by atoms with Crippen LogP contribution in [0.25, 0.3) is 0 Å². The Labute approximate surface area is 102 Å². The molecule has 0 radical (unpaired) electrons. The van der Waals surface area contributed by atoms with Crippen molar-refractivity contribution in [1.82, 2.24) is 4.98 Å². The smallest absolute Gasteiger partial charge is 0.226 e. The third-order valence-corrected chi connectivity index (χ3v) is 3.29. The molecule has 0 spiro atoms. The largest absolute Gasteiger partial charge is 0.311 e. The third-order valence-electron chi connectivity index (χ3n) is 1.85. The number of rotatable bonds is 4. The topological polar surface area (TPSA) is 42.0 Å². The standard InChI is InChI=1S/C10H13BrN2OS/c1-7-5-9(12-6-8(7)11)13-10(14)3-4-15-2/h5-6H,3-4H2,1-2H3,(H,12,13,14). The highest BCUT2D eigenvalue weighted by Gasteiger charge is 2.03. The number of anilines is 1. The fraction of sp³-hybridized carbons (Fsp3) is 0.400. The number of halogens is 1. The predicted molar refractivity (Wildman–Crippen MR) is 68.3 cm³/mol. The SMILES string of the molecule is CSCCC(=O)Nc1cc(C)c(Br)cn1. The van der Waals surface area contributed by atoms with Crippen molar-refractivity contribution in [3.05, 3.63) is 22.3 Å². The first-order valence-corrected chi connectivity index (χ1v) is 6.73. The van der Waals surface area contributed by atoms with Gasteiger partial charge in [-0.25, -0.2) is 4.98 Å². The molecule has 0 bridgehead atoms. The van der Waals surface area contributed by atoms with Gasteiger partial charge < -0.3 is 5.32 Å². The van der Waals surface area contributed by atoms with Crippen LogP contribution < -0.4 is 5.32 Å². The highest BCUT2D eigenvalue weighted by Crippen LogP contribution is 2.17. The minimum Gasteiger partial charge on any atom is -0.311 e. The molecule has 0 aliphatic heterocycles. The van der Waals surface area contributed by atoms with E-state index in [0.29, 0.717) is 12.2 Å². The monoisotopic (exact) mass is 288 g/mol. The van der Waals surface area contributed by atoms with Crippen molar-refractivity contribution in [2.24, 2.45) is 0 Å². The molecule has 82 valence electrons. The van der Waals surface area contributed by atoms with Crippen LogP contribution in [-0.2, 0) is 4.79 Å². The van der Waals surface area contributed by atoms with E-state index >= 15 is 0 Å². The normalized spacial score (nSPS) is 10.1. The van der Waals surface area contributed by atoms with Gasteiger partial charge >= 0.3 is 0 Å². The summed E-state index contributed by atoms with van der Waals surface area (Å²) in [5.41, 5.74) is 1.06. The van der Waals surface area contributed by atoms with Crippen LogP contribution in [0.5, 0.6) is 0 Å². The maximum atomic E-state index is 11.4. The van der Waals surface area contributed by atoms with Gasteiger partial charge in [0.05, 0.1) is 0 Å². The van der Waals surface area contributed by atoms with Crippen LogP contribution in [0.3, 0.4) is 0 Å². The number of amides is 1. The lowest BCUT2D eigenvalue weighted by Crippen LogP contribution is -2.13. The van der Waals surface area contributed by atoms with E-state index in [9.17, 15) is 4.79 Å². The molecule has 0 aromatic carbocycles. The van der Waals surface area contributed by atoms with Gasteiger partial charge in [0.15, 0.2) is 0 Å². The molecular formula is C10H13BrN2OS. The molecule has 1 amide bonds. The first-order valence-electron chi connectivity index (χ1n) is 4.54. The van der Waals surface area contributed by atoms with Gasteiger partial charge in [0.25, 0.3) is 0 Å². The van der Waals surface area contributed by atoms with Gasteiger partial charge in [-0.15, -0.1) is 0 Å². The van der Waals surface area contributed by atoms with Crippen LogP contribution in [0.4, 0.5) is 5.82 Å². The fourth-order valence-corrected chi connectivity index (χ4v) is 1.61. The number of hydrogen-bond donors (Lipinski definition) is 1. The van der Waals surface area contributed by atoms with Crippen LogP contribution in [0, 0.1) is 6.92 Å². The molecule has 1 heterocycles. The van der Waals surface area contributed by atoms with Crippen molar-refractivity contribution in [3.8, 4) is 0 Å². The maximum Gasteiger partial charge on any atom is 0.226 e. The summed E-state index contributed by atoms with van der Waals surface area (Å²) in [6.07, 6.45) is 4.20. The van der Waals surface area contributed by atoms with Crippen molar-refractivity contribution >= 4 is 39.4 Å². The summed E-state index contributed by atoms with van der Waals surface area (Å²) in [6.45, 7) is 1.96. The minimum atomic E-state index is 0.0126. The van der Waals surface area contributed by atoms with Crippen molar-refractivity contribution < 1.29 is 4.79 Å².